The summed E-state index contributed by atoms with van der Waals surface area (Å²) in [4.78, 5) is 4.88. The molecule has 37 heavy (non-hydrogen) atoms. The van der Waals surface area contributed by atoms with Gasteiger partial charge >= 0.3 is 6.97 Å². The van der Waals surface area contributed by atoms with Crippen LogP contribution in [0, 0.1) is 0 Å². The van der Waals surface area contributed by atoms with E-state index in [2.05, 4.69) is 0 Å². The summed E-state index contributed by atoms with van der Waals surface area (Å²) in [5.41, 5.74) is 3.24. The summed E-state index contributed by atoms with van der Waals surface area (Å²) in [5.74, 6) is 2.21. The third-order valence-electron chi connectivity index (χ3n) is 6.65. The van der Waals surface area contributed by atoms with Gasteiger partial charge in [-0.3, -0.25) is 0 Å². The summed E-state index contributed by atoms with van der Waals surface area (Å²) in [6, 6.07) is 21.6. The maximum atomic E-state index is 16.4. The van der Waals surface area contributed by atoms with E-state index >= 15 is 8.63 Å². The number of benzene rings is 3. The smallest absolute Gasteiger partial charge is 0.497 e. The molecular formula is C28H28BF2N3O3. The van der Waals surface area contributed by atoms with E-state index in [1.807, 2.05) is 19.1 Å². The molecule has 1 aromatic heterocycles. The molecule has 0 N–H and O–H groups in total. The minimum Gasteiger partial charge on any atom is -0.497 e. The number of hydrogen-bond donors (Lipinski definition) is 0. The van der Waals surface area contributed by atoms with Gasteiger partial charge in [0.05, 0.1) is 33.6 Å². The Morgan fingerprint density at radius 1 is 0.730 bits per heavy atom. The Morgan fingerprint density at radius 3 is 1.65 bits per heavy atom. The molecule has 0 aliphatic carbocycles. The Balaban J connectivity index is 1.79. The van der Waals surface area contributed by atoms with Crippen molar-refractivity contribution < 1.29 is 27.3 Å². The predicted molar refractivity (Wildman–Crippen MR) is 141 cm³/mol. The maximum Gasteiger partial charge on any atom is 0.733 e. The van der Waals surface area contributed by atoms with Crippen LogP contribution in [0.15, 0.2) is 72.8 Å². The lowest BCUT2D eigenvalue weighted by molar-refractivity contribution is -0.420. The van der Waals surface area contributed by atoms with Crippen molar-refractivity contribution in [3.05, 3.63) is 84.2 Å². The van der Waals surface area contributed by atoms with Crippen LogP contribution in [-0.4, -0.2) is 54.5 Å². The molecule has 0 saturated heterocycles. The number of fused-ring (bicyclic) bond motifs is 1. The third-order valence-corrected chi connectivity index (χ3v) is 6.65. The van der Waals surface area contributed by atoms with Crippen molar-refractivity contribution in [1.82, 2.24) is 9.46 Å². The van der Waals surface area contributed by atoms with Crippen LogP contribution in [0.1, 0.15) is 24.7 Å². The highest BCUT2D eigenvalue weighted by Crippen LogP contribution is 2.40. The molecule has 1 aliphatic heterocycles. The number of halogens is 2. The zero-order chi connectivity index (χ0) is 26.2. The van der Waals surface area contributed by atoms with Crippen LogP contribution in [0.3, 0.4) is 0 Å². The van der Waals surface area contributed by atoms with E-state index in [0.717, 1.165) is 10.0 Å². The summed E-state index contributed by atoms with van der Waals surface area (Å²) in [5, 5.41) is 0. The van der Waals surface area contributed by atoms with Gasteiger partial charge in [-0.15, -0.1) is 0 Å². The number of nitrogens with zero attached hydrogens (tertiary/aromatic N) is 3. The van der Waals surface area contributed by atoms with E-state index in [4.69, 9.17) is 19.2 Å². The first-order valence-corrected chi connectivity index (χ1v) is 12.1. The monoisotopic (exact) mass is 503 g/mol. The molecule has 9 heteroatoms. The van der Waals surface area contributed by atoms with Crippen LogP contribution in [0.25, 0.3) is 22.5 Å². The van der Waals surface area contributed by atoms with Crippen molar-refractivity contribution in [3.63, 3.8) is 0 Å². The number of methoxy groups -OCH3 is 3. The van der Waals surface area contributed by atoms with Crippen molar-refractivity contribution in [2.75, 3.05) is 27.9 Å². The minimum atomic E-state index is -4.17. The van der Waals surface area contributed by atoms with Crippen molar-refractivity contribution in [2.45, 2.75) is 13.3 Å². The maximum absolute atomic E-state index is 16.4. The van der Waals surface area contributed by atoms with E-state index < -0.39 is 6.97 Å². The van der Waals surface area contributed by atoms with Gasteiger partial charge in [0, 0.05) is 16.8 Å². The largest absolute Gasteiger partial charge is 0.733 e. The normalized spacial score (nSPS) is 14.0. The van der Waals surface area contributed by atoms with Gasteiger partial charge < -0.3 is 31.8 Å². The van der Waals surface area contributed by atoms with Gasteiger partial charge in [-0.2, -0.15) is 0 Å². The second-order valence-electron chi connectivity index (χ2n) is 8.82. The molecule has 5 rings (SSSR count). The molecule has 0 amide bonds. The first-order valence-electron chi connectivity index (χ1n) is 12.1. The Labute approximate surface area is 214 Å². The average Bonchev–Trinajstić information content (AvgIpc) is 3.43. The fourth-order valence-electron chi connectivity index (χ4n) is 4.85. The van der Waals surface area contributed by atoms with E-state index in [1.165, 1.54) is 4.49 Å². The number of aromatic nitrogens is 2. The zero-order valence-electron chi connectivity index (χ0n) is 21.2. The minimum absolute atomic E-state index is 0.192. The molecule has 0 fully saturated rings. The summed E-state index contributed by atoms with van der Waals surface area (Å²) < 4.78 is 51.1. The number of rotatable bonds is 8. The predicted octanol–water partition coefficient (Wildman–Crippen LogP) is 5.74. The van der Waals surface area contributed by atoms with E-state index in [-0.39, 0.29) is 12.4 Å². The molecule has 0 atom stereocenters. The van der Waals surface area contributed by atoms with Gasteiger partial charge in [-0.1, -0.05) is 6.92 Å². The van der Waals surface area contributed by atoms with Gasteiger partial charge in [-0.05, 0) is 84.8 Å². The van der Waals surface area contributed by atoms with Crippen molar-refractivity contribution in [1.29, 1.82) is 0 Å². The van der Waals surface area contributed by atoms with Gasteiger partial charge in [0.1, 0.15) is 17.2 Å². The highest BCUT2D eigenvalue weighted by atomic mass is 19.2. The van der Waals surface area contributed by atoms with Gasteiger partial charge in [-0.25, -0.2) is 4.98 Å². The molecule has 6 nitrogen and oxygen atoms in total. The van der Waals surface area contributed by atoms with Crippen LogP contribution >= 0.6 is 0 Å². The Kier molecular flexibility index (Phi) is 6.45. The quantitative estimate of drug-likeness (QED) is 0.288. The summed E-state index contributed by atoms with van der Waals surface area (Å²) in [7, 11) is 4.74. The molecule has 0 spiro atoms. The lowest BCUT2D eigenvalue weighted by atomic mass is 9.93. The fourth-order valence-corrected chi connectivity index (χ4v) is 4.85. The highest BCUT2D eigenvalue weighted by Gasteiger charge is 2.55. The molecule has 3 aromatic carbocycles. The second-order valence-corrected chi connectivity index (χ2v) is 8.82. The Hall–Kier alpha value is -4.14. The van der Waals surface area contributed by atoms with E-state index in [0.29, 0.717) is 51.9 Å². The van der Waals surface area contributed by atoms with Crippen LogP contribution in [0.2, 0.25) is 0 Å². The van der Waals surface area contributed by atoms with Crippen LogP contribution in [0.5, 0.6) is 17.2 Å². The van der Waals surface area contributed by atoms with Crippen LogP contribution in [0.4, 0.5) is 8.63 Å². The standard InChI is InChI=1S/C28H28BF2N3O3/c1-5-18-33-27(21-10-16-24(37-4)17-11-21)28-32-25(19-6-12-22(35-2)13-7-19)26(34(28)29(33,30)31)20-8-14-23(36-3)15-9-20/h6-17H,5,18H2,1-4H3. The topological polar surface area (TPSA) is 48.5 Å². The molecule has 0 unspecified atom stereocenters. The van der Waals surface area contributed by atoms with Crippen molar-refractivity contribution in [3.8, 4) is 39.8 Å². The van der Waals surface area contributed by atoms with E-state index in [9.17, 15) is 0 Å². The molecular weight excluding hydrogens is 475 g/mol. The summed E-state index contributed by atoms with van der Waals surface area (Å²) in [6.07, 6.45) is 0.561. The SMILES string of the molecule is CCC[N+]1=C(c2ccc(OC)cc2)c2nc(-c3ccc(OC)cc3)c(-c3ccc(OC)cc3)n2[B-]1(F)F. The lowest BCUT2D eigenvalue weighted by Crippen LogP contribution is -2.45. The molecule has 2 heterocycles. The number of hydrogen-bond acceptors (Lipinski definition) is 4. The molecule has 0 saturated carbocycles. The first kappa shape index (κ1) is 24.6. The molecule has 0 radical (unpaired) electrons. The summed E-state index contributed by atoms with van der Waals surface area (Å²) >= 11 is 0. The fraction of sp³-hybridized carbons (Fsp3) is 0.214. The third kappa shape index (κ3) is 4.14. The van der Waals surface area contributed by atoms with Gasteiger partial charge in [0.25, 0.3) is 0 Å². The van der Waals surface area contributed by atoms with Crippen LogP contribution < -0.4 is 14.2 Å². The Bertz CT molecular complexity index is 1450. The highest BCUT2D eigenvalue weighted by molar-refractivity contribution is 6.60. The van der Waals surface area contributed by atoms with Crippen molar-refractivity contribution in [2.24, 2.45) is 0 Å². The number of imidazole rings is 1. The van der Waals surface area contributed by atoms with E-state index in [1.54, 1.807) is 82.0 Å². The molecule has 0 bridgehead atoms. The Morgan fingerprint density at radius 2 is 1.19 bits per heavy atom. The van der Waals surface area contributed by atoms with Crippen LogP contribution in [-0.2, 0) is 0 Å². The lowest BCUT2D eigenvalue weighted by Gasteiger charge is -2.22. The van der Waals surface area contributed by atoms with Gasteiger partial charge in [0.15, 0.2) is 5.82 Å². The zero-order valence-corrected chi connectivity index (χ0v) is 21.2. The summed E-state index contributed by atoms with van der Waals surface area (Å²) in [6.45, 7) is -2.09. The molecule has 1 aliphatic rings. The average molecular weight is 503 g/mol. The van der Waals surface area contributed by atoms with Gasteiger partial charge in [0.2, 0.25) is 5.71 Å². The second kappa shape index (κ2) is 9.73. The van der Waals surface area contributed by atoms with Crippen molar-refractivity contribution >= 4 is 12.7 Å². The number of ether oxygens (including phenoxy) is 3. The molecule has 4 aromatic rings. The molecule has 190 valence electrons. The first-order chi connectivity index (χ1) is 17.9.